The van der Waals surface area contributed by atoms with Gasteiger partial charge in [-0.1, -0.05) is 76.3 Å². The van der Waals surface area contributed by atoms with E-state index in [4.69, 9.17) is 23.2 Å². The lowest BCUT2D eigenvalue weighted by molar-refractivity contribution is -0.00000611. The summed E-state index contributed by atoms with van der Waals surface area (Å²) in [5, 5.41) is 5.38. The lowest BCUT2D eigenvalue weighted by Crippen LogP contribution is -3.00. The number of rotatable bonds is 4. The van der Waals surface area contributed by atoms with Crippen LogP contribution in [0.1, 0.15) is 16.7 Å². The smallest absolute Gasteiger partial charge is 0.112 e. The zero-order chi connectivity index (χ0) is 22.2. The first kappa shape index (κ1) is 24.8. The van der Waals surface area contributed by atoms with Gasteiger partial charge in [0.2, 0.25) is 0 Å². The highest BCUT2D eigenvalue weighted by atomic mass is 35.5. The molecular formula is C28H26Cl3P. The van der Waals surface area contributed by atoms with E-state index < -0.39 is 7.26 Å². The molecule has 0 atom stereocenters. The fourth-order valence-electron chi connectivity index (χ4n) is 4.08. The van der Waals surface area contributed by atoms with Crippen LogP contribution in [0.3, 0.4) is 0 Å². The average molecular weight is 500 g/mol. The van der Waals surface area contributed by atoms with Gasteiger partial charge in [-0.15, -0.1) is 0 Å². The highest BCUT2D eigenvalue weighted by Gasteiger charge is 2.42. The van der Waals surface area contributed by atoms with Crippen molar-refractivity contribution in [3.63, 3.8) is 0 Å². The van der Waals surface area contributed by atoms with Crippen molar-refractivity contribution in [2.45, 2.75) is 20.8 Å². The van der Waals surface area contributed by atoms with E-state index in [0.29, 0.717) is 10.0 Å². The Hall–Kier alpha value is -1.82. The first-order valence-electron chi connectivity index (χ1n) is 10.4. The Morgan fingerprint density at radius 3 is 1.56 bits per heavy atom. The molecule has 0 aliphatic carbocycles. The molecule has 0 bridgehead atoms. The van der Waals surface area contributed by atoms with Gasteiger partial charge in [0.25, 0.3) is 0 Å². The summed E-state index contributed by atoms with van der Waals surface area (Å²) in [6.07, 6.45) is 0. The fraction of sp³-hybridized carbons (Fsp3) is 0.143. The van der Waals surface area contributed by atoms with E-state index in [9.17, 15) is 0 Å². The molecule has 0 saturated carbocycles. The molecule has 0 aliphatic heterocycles. The molecule has 0 amide bonds. The van der Waals surface area contributed by atoms with Gasteiger partial charge < -0.3 is 12.4 Å². The molecule has 164 valence electrons. The molecule has 0 saturated heterocycles. The van der Waals surface area contributed by atoms with E-state index in [1.165, 1.54) is 38.2 Å². The van der Waals surface area contributed by atoms with E-state index in [1.54, 1.807) is 0 Å². The third-order valence-corrected chi connectivity index (χ3v) is 10.5. The maximum absolute atomic E-state index is 6.70. The van der Waals surface area contributed by atoms with Crippen LogP contribution in [-0.2, 0) is 0 Å². The van der Waals surface area contributed by atoms with Crippen LogP contribution in [0, 0.1) is 20.8 Å². The van der Waals surface area contributed by atoms with Crippen molar-refractivity contribution < 1.29 is 12.4 Å². The van der Waals surface area contributed by atoms with Crippen LogP contribution in [0.15, 0.2) is 84.9 Å². The van der Waals surface area contributed by atoms with Gasteiger partial charge in [0, 0.05) is 16.1 Å². The molecule has 0 aliphatic rings. The number of aryl methyl sites for hydroxylation is 3. The Labute approximate surface area is 208 Å². The van der Waals surface area contributed by atoms with Crippen LogP contribution >= 0.6 is 30.5 Å². The highest BCUT2D eigenvalue weighted by Crippen LogP contribution is 2.54. The predicted octanol–water partition coefficient (Wildman–Crippen LogP) is 4.51. The van der Waals surface area contributed by atoms with Crippen LogP contribution in [0.5, 0.6) is 0 Å². The fourth-order valence-corrected chi connectivity index (χ4v) is 7.97. The molecule has 0 heterocycles. The van der Waals surface area contributed by atoms with Gasteiger partial charge >= 0.3 is 0 Å². The summed E-state index contributed by atoms with van der Waals surface area (Å²) in [7, 11) is -1.91. The van der Waals surface area contributed by atoms with Gasteiger partial charge in [0.1, 0.15) is 23.2 Å². The summed E-state index contributed by atoms with van der Waals surface area (Å²) in [5.41, 5.74) is 5.95. The van der Waals surface area contributed by atoms with E-state index >= 15 is 0 Å². The second-order valence-corrected chi connectivity index (χ2v) is 12.7. The van der Waals surface area contributed by atoms with E-state index in [-0.39, 0.29) is 12.4 Å². The summed E-state index contributed by atoms with van der Waals surface area (Å²) < 4.78 is 0. The zero-order valence-electron chi connectivity index (χ0n) is 18.7. The van der Waals surface area contributed by atoms with Gasteiger partial charge in [-0.05, 0) is 69.3 Å². The summed E-state index contributed by atoms with van der Waals surface area (Å²) in [6, 6.07) is 30.6. The molecule has 0 radical (unpaired) electrons. The van der Waals surface area contributed by atoms with Crippen molar-refractivity contribution in [2.24, 2.45) is 0 Å². The predicted molar refractivity (Wildman–Crippen MR) is 141 cm³/mol. The zero-order valence-corrected chi connectivity index (χ0v) is 21.8. The SMILES string of the molecule is Cc1ccc([P+](C)(c2ccc(C)cc2)c2ccc(C)cc2-c2ccc(Cl)cc2Cl)cc1.[Cl-]. The molecule has 0 fully saturated rings. The third-order valence-electron chi connectivity index (χ3n) is 5.96. The topological polar surface area (TPSA) is 0 Å². The standard InChI is InChI=1S/C28H26Cl2P.ClH/c1-19-5-11-23(12-6-19)31(4,24-13-7-20(2)8-14-24)28-16-9-21(3)17-26(28)25-15-10-22(29)18-27(25)30;/h5-18H,1-4H3;1H/q+1;/p-1. The number of halogens is 3. The largest absolute Gasteiger partial charge is 1.00 e. The number of hydrogen-bond acceptors (Lipinski definition) is 0. The molecule has 4 rings (SSSR count). The van der Waals surface area contributed by atoms with E-state index in [1.807, 2.05) is 18.2 Å². The summed E-state index contributed by atoms with van der Waals surface area (Å²) in [5.74, 6) is 0. The molecule has 0 N–H and O–H groups in total. The highest BCUT2D eigenvalue weighted by molar-refractivity contribution is 7.95. The van der Waals surface area contributed by atoms with Crippen LogP contribution in [-0.4, -0.2) is 6.66 Å². The minimum Gasteiger partial charge on any atom is -1.00 e. The second kappa shape index (κ2) is 9.98. The molecule has 0 unspecified atom stereocenters. The minimum absolute atomic E-state index is 0. The Bertz CT molecular complexity index is 1180. The molecule has 0 nitrogen and oxygen atoms in total. The molecule has 32 heavy (non-hydrogen) atoms. The number of hydrogen-bond donors (Lipinski definition) is 0. The summed E-state index contributed by atoms with van der Waals surface area (Å²) >= 11 is 12.9. The van der Waals surface area contributed by atoms with Crippen molar-refractivity contribution >= 4 is 46.4 Å². The maximum atomic E-state index is 6.70. The van der Waals surface area contributed by atoms with Crippen molar-refractivity contribution in [2.75, 3.05) is 6.66 Å². The van der Waals surface area contributed by atoms with Gasteiger partial charge in [-0.3, -0.25) is 0 Å². The monoisotopic (exact) mass is 498 g/mol. The molecule has 4 aromatic rings. The molecule has 4 heteroatoms. The first-order valence-corrected chi connectivity index (χ1v) is 13.4. The van der Waals surface area contributed by atoms with Gasteiger partial charge in [0.05, 0.1) is 11.7 Å². The lowest BCUT2D eigenvalue weighted by Gasteiger charge is -2.26. The van der Waals surface area contributed by atoms with Gasteiger partial charge in [-0.2, -0.15) is 0 Å². The maximum Gasteiger partial charge on any atom is 0.112 e. The van der Waals surface area contributed by atoms with Crippen molar-refractivity contribution in [3.8, 4) is 11.1 Å². The van der Waals surface area contributed by atoms with Crippen molar-refractivity contribution in [1.82, 2.24) is 0 Å². The van der Waals surface area contributed by atoms with E-state index in [0.717, 1.165) is 5.56 Å². The van der Waals surface area contributed by atoms with Crippen molar-refractivity contribution in [3.05, 3.63) is 112 Å². The minimum atomic E-state index is -1.91. The summed E-state index contributed by atoms with van der Waals surface area (Å²) in [6.45, 7) is 8.82. The summed E-state index contributed by atoms with van der Waals surface area (Å²) in [4.78, 5) is 0. The lowest BCUT2D eigenvalue weighted by atomic mass is 10.0. The van der Waals surface area contributed by atoms with Crippen LogP contribution < -0.4 is 28.3 Å². The van der Waals surface area contributed by atoms with Crippen LogP contribution in [0.25, 0.3) is 11.1 Å². The van der Waals surface area contributed by atoms with Crippen LogP contribution in [0.4, 0.5) is 0 Å². The Morgan fingerprint density at radius 1 is 0.562 bits per heavy atom. The van der Waals surface area contributed by atoms with E-state index in [2.05, 4.69) is 94.2 Å². The Kier molecular flexibility index (Phi) is 7.74. The quantitative estimate of drug-likeness (QED) is 0.362. The van der Waals surface area contributed by atoms with Crippen LogP contribution in [0.2, 0.25) is 10.0 Å². The number of benzene rings is 4. The Morgan fingerprint density at radius 2 is 1.06 bits per heavy atom. The third kappa shape index (κ3) is 4.75. The molecule has 0 spiro atoms. The Balaban J connectivity index is 0.00000289. The molecule has 4 aromatic carbocycles. The first-order chi connectivity index (χ1) is 14.8. The average Bonchev–Trinajstić information content (AvgIpc) is 2.74. The van der Waals surface area contributed by atoms with Crippen molar-refractivity contribution in [1.29, 1.82) is 0 Å². The van der Waals surface area contributed by atoms with Gasteiger partial charge in [-0.25, -0.2) is 0 Å². The van der Waals surface area contributed by atoms with Gasteiger partial charge in [0.15, 0.2) is 0 Å². The normalized spacial score (nSPS) is 11.2. The molecular weight excluding hydrogens is 474 g/mol. The second-order valence-electron chi connectivity index (χ2n) is 8.32. The molecule has 0 aromatic heterocycles.